The highest BCUT2D eigenvalue weighted by atomic mass is 16.5. The Bertz CT molecular complexity index is 379. The molecule has 17 heavy (non-hydrogen) atoms. The number of aliphatic hydroxyl groups is 1. The predicted octanol–water partition coefficient (Wildman–Crippen LogP) is 0.476. The zero-order valence-electron chi connectivity index (χ0n) is 10.3. The highest BCUT2D eigenvalue weighted by molar-refractivity contribution is 5.15. The van der Waals surface area contributed by atoms with E-state index in [1.54, 1.807) is 11.8 Å². The summed E-state index contributed by atoms with van der Waals surface area (Å²) in [5.41, 5.74) is 1.56. The highest BCUT2D eigenvalue weighted by Gasteiger charge is 2.17. The maximum absolute atomic E-state index is 9.28. The number of aliphatic hydroxyl groups excluding tert-OH is 1. The molecule has 0 bridgehead atoms. The van der Waals surface area contributed by atoms with Crippen LogP contribution in [0.2, 0.25) is 0 Å². The van der Waals surface area contributed by atoms with Gasteiger partial charge >= 0.3 is 0 Å². The number of methoxy groups -OCH3 is 1. The van der Waals surface area contributed by atoms with Gasteiger partial charge in [-0.15, -0.1) is 5.10 Å². The summed E-state index contributed by atoms with van der Waals surface area (Å²) in [7, 11) is 1.63. The van der Waals surface area contributed by atoms with Gasteiger partial charge in [-0.1, -0.05) is 12.1 Å². The lowest BCUT2D eigenvalue weighted by molar-refractivity contribution is 0.190. The summed E-state index contributed by atoms with van der Waals surface area (Å²) in [6.07, 6.45) is 1.66. The molecule has 0 aromatic carbocycles. The smallest absolute Gasteiger partial charge is 0.100 e. The van der Waals surface area contributed by atoms with Gasteiger partial charge in [0, 0.05) is 13.5 Å². The molecule has 0 fully saturated rings. The van der Waals surface area contributed by atoms with Crippen molar-refractivity contribution in [2.75, 3.05) is 20.3 Å². The minimum atomic E-state index is -0.0817. The molecule has 0 radical (unpaired) electrons. The van der Waals surface area contributed by atoms with E-state index in [2.05, 4.69) is 16.4 Å². The molecule has 1 N–H and O–H groups in total. The van der Waals surface area contributed by atoms with Crippen molar-refractivity contribution in [1.29, 1.82) is 5.26 Å². The van der Waals surface area contributed by atoms with E-state index < -0.39 is 0 Å². The van der Waals surface area contributed by atoms with Gasteiger partial charge in [-0.3, -0.25) is 0 Å². The van der Waals surface area contributed by atoms with Gasteiger partial charge < -0.3 is 9.84 Å². The van der Waals surface area contributed by atoms with Crippen molar-refractivity contribution in [3.8, 4) is 6.07 Å². The van der Waals surface area contributed by atoms with Crippen molar-refractivity contribution in [2.24, 2.45) is 0 Å². The van der Waals surface area contributed by atoms with Gasteiger partial charge in [0.05, 0.1) is 37.4 Å². The molecule has 6 heteroatoms. The van der Waals surface area contributed by atoms with Crippen LogP contribution in [0, 0.1) is 11.3 Å². The van der Waals surface area contributed by atoms with Crippen LogP contribution in [0.5, 0.6) is 0 Å². The van der Waals surface area contributed by atoms with Gasteiger partial charge in [0.2, 0.25) is 0 Å². The third-order valence-electron chi connectivity index (χ3n) is 2.69. The van der Waals surface area contributed by atoms with Crippen LogP contribution in [0.3, 0.4) is 0 Å². The predicted molar refractivity (Wildman–Crippen MR) is 61.3 cm³/mol. The van der Waals surface area contributed by atoms with Gasteiger partial charge in [0.15, 0.2) is 0 Å². The van der Waals surface area contributed by atoms with Crippen LogP contribution in [0.15, 0.2) is 0 Å². The molecule has 1 aromatic rings. The lowest BCUT2D eigenvalue weighted by Gasteiger charge is -2.15. The van der Waals surface area contributed by atoms with Crippen molar-refractivity contribution >= 4 is 0 Å². The molecule has 94 valence electrons. The fourth-order valence-electron chi connectivity index (χ4n) is 1.69. The van der Waals surface area contributed by atoms with E-state index in [0.29, 0.717) is 18.7 Å². The fourth-order valence-corrected chi connectivity index (χ4v) is 1.69. The Morgan fingerprint density at radius 3 is 2.88 bits per heavy atom. The third-order valence-corrected chi connectivity index (χ3v) is 2.69. The molecule has 0 amide bonds. The maximum Gasteiger partial charge on any atom is 0.100 e. The largest absolute Gasteiger partial charge is 0.394 e. The highest BCUT2D eigenvalue weighted by Crippen LogP contribution is 2.16. The van der Waals surface area contributed by atoms with Crippen molar-refractivity contribution in [3.63, 3.8) is 0 Å². The summed E-state index contributed by atoms with van der Waals surface area (Å²) in [6, 6.07) is 1.99. The summed E-state index contributed by atoms with van der Waals surface area (Å²) in [5, 5.41) is 26.0. The first-order valence-electron chi connectivity index (χ1n) is 5.68. The monoisotopic (exact) mass is 238 g/mol. The van der Waals surface area contributed by atoms with Gasteiger partial charge in [-0.2, -0.15) is 5.26 Å². The Labute approximate surface area is 101 Å². The van der Waals surface area contributed by atoms with Crippen LogP contribution in [0.25, 0.3) is 0 Å². The second kappa shape index (κ2) is 6.99. The van der Waals surface area contributed by atoms with E-state index >= 15 is 0 Å². The van der Waals surface area contributed by atoms with E-state index in [1.807, 2.05) is 6.92 Å². The van der Waals surface area contributed by atoms with Crippen LogP contribution in [-0.4, -0.2) is 40.4 Å². The van der Waals surface area contributed by atoms with Crippen molar-refractivity contribution in [1.82, 2.24) is 15.0 Å². The molecule has 0 spiro atoms. The summed E-state index contributed by atoms with van der Waals surface area (Å²) < 4.78 is 6.75. The van der Waals surface area contributed by atoms with Gasteiger partial charge in [0.25, 0.3) is 0 Å². The normalized spacial score (nSPS) is 12.4. The zero-order chi connectivity index (χ0) is 12.7. The van der Waals surface area contributed by atoms with Crippen LogP contribution in [0.4, 0.5) is 0 Å². The van der Waals surface area contributed by atoms with E-state index in [4.69, 9.17) is 10.00 Å². The zero-order valence-corrected chi connectivity index (χ0v) is 10.3. The lowest BCUT2D eigenvalue weighted by atomic mass is 10.1. The number of nitrogens with zero attached hydrogens (tertiary/aromatic N) is 4. The van der Waals surface area contributed by atoms with Crippen molar-refractivity contribution < 1.29 is 9.84 Å². The SMILES string of the molecule is CCC(CO)n1nnc(CC#N)c1CCOC. The molecule has 1 aromatic heterocycles. The summed E-state index contributed by atoms with van der Waals surface area (Å²) >= 11 is 0. The Morgan fingerprint density at radius 1 is 1.59 bits per heavy atom. The van der Waals surface area contributed by atoms with Crippen LogP contribution in [0.1, 0.15) is 30.8 Å². The number of nitriles is 1. The first-order chi connectivity index (χ1) is 8.28. The Morgan fingerprint density at radius 2 is 2.35 bits per heavy atom. The minimum absolute atomic E-state index is 0.0197. The first-order valence-corrected chi connectivity index (χ1v) is 5.68. The fraction of sp³-hybridized carbons (Fsp3) is 0.727. The molecule has 0 saturated carbocycles. The number of aromatic nitrogens is 3. The molecular formula is C11H18N4O2. The first kappa shape index (κ1) is 13.6. The Kier molecular flexibility index (Phi) is 5.60. The van der Waals surface area contributed by atoms with Gasteiger partial charge in [-0.05, 0) is 6.42 Å². The average molecular weight is 238 g/mol. The molecule has 1 heterocycles. The maximum atomic E-state index is 9.28. The summed E-state index contributed by atoms with van der Waals surface area (Å²) in [6.45, 7) is 2.55. The second-order valence-corrected chi connectivity index (χ2v) is 3.75. The van der Waals surface area contributed by atoms with E-state index in [1.165, 1.54) is 0 Å². The van der Waals surface area contributed by atoms with Crippen LogP contribution < -0.4 is 0 Å². The molecule has 1 unspecified atom stereocenters. The number of rotatable bonds is 7. The van der Waals surface area contributed by atoms with E-state index in [9.17, 15) is 5.11 Å². The Balaban J connectivity index is 2.99. The van der Waals surface area contributed by atoms with Crippen LogP contribution >= 0.6 is 0 Å². The van der Waals surface area contributed by atoms with Gasteiger partial charge in [-0.25, -0.2) is 4.68 Å². The molecule has 0 aliphatic carbocycles. The summed E-state index contributed by atoms with van der Waals surface area (Å²) in [4.78, 5) is 0. The van der Waals surface area contributed by atoms with Crippen LogP contribution in [-0.2, 0) is 17.6 Å². The molecular weight excluding hydrogens is 220 g/mol. The number of ether oxygens (including phenoxy) is 1. The van der Waals surface area contributed by atoms with Gasteiger partial charge in [0.1, 0.15) is 5.69 Å². The van der Waals surface area contributed by atoms with E-state index in [0.717, 1.165) is 12.1 Å². The molecule has 0 saturated heterocycles. The van der Waals surface area contributed by atoms with Crippen molar-refractivity contribution in [3.05, 3.63) is 11.4 Å². The second-order valence-electron chi connectivity index (χ2n) is 3.75. The molecule has 6 nitrogen and oxygen atoms in total. The average Bonchev–Trinajstić information content (AvgIpc) is 2.72. The lowest BCUT2D eigenvalue weighted by Crippen LogP contribution is -2.18. The topological polar surface area (TPSA) is 84.0 Å². The number of hydrogen-bond acceptors (Lipinski definition) is 5. The van der Waals surface area contributed by atoms with E-state index in [-0.39, 0.29) is 19.1 Å². The minimum Gasteiger partial charge on any atom is -0.394 e. The molecule has 0 aliphatic rings. The molecule has 0 aliphatic heterocycles. The standard InChI is InChI=1S/C11H18N4O2/c1-3-9(8-16)15-11(5-7-17-2)10(4-6-12)13-14-15/h9,16H,3-5,7-8H2,1-2H3. The van der Waals surface area contributed by atoms with Crippen molar-refractivity contribution in [2.45, 2.75) is 32.2 Å². The Hall–Kier alpha value is -1.45. The number of hydrogen-bond donors (Lipinski definition) is 1. The molecule has 1 atom stereocenters. The molecule has 1 rings (SSSR count). The third kappa shape index (κ3) is 3.25. The summed E-state index contributed by atoms with van der Waals surface area (Å²) in [5.74, 6) is 0. The quantitative estimate of drug-likeness (QED) is 0.746.